The standard InChI is InChI=1S/C25H30BrN3O4/c1-2-3-4-8-13-33-22-12-11-19(14-21(22)26)24(31)27-28-25(32)20-15-23(30)29(17-20)16-18-9-6-5-7-10-18/h5-7,9-12,14,20H,2-4,8,13,15-17H2,1H3,(H,27,31)(H,28,32). The second kappa shape index (κ2) is 12.4. The van der Waals surface area contributed by atoms with E-state index in [1.165, 1.54) is 12.8 Å². The summed E-state index contributed by atoms with van der Waals surface area (Å²) in [7, 11) is 0. The molecule has 2 aromatic rings. The number of carbonyl (C=O) groups is 3. The van der Waals surface area contributed by atoms with Crippen molar-refractivity contribution in [3.63, 3.8) is 0 Å². The van der Waals surface area contributed by atoms with Gasteiger partial charge in [-0.2, -0.15) is 0 Å². The summed E-state index contributed by atoms with van der Waals surface area (Å²) in [4.78, 5) is 38.9. The number of hydrogen-bond acceptors (Lipinski definition) is 4. The number of benzene rings is 2. The van der Waals surface area contributed by atoms with Gasteiger partial charge in [-0.25, -0.2) is 0 Å². The van der Waals surface area contributed by atoms with E-state index >= 15 is 0 Å². The summed E-state index contributed by atoms with van der Waals surface area (Å²) in [5.74, 6) is -0.714. The Hall–Kier alpha value is -2.87. The predicted molar refractivity (Wildman–Crippen MR) is 129 cm³/mol. The van der Waals surface area contributed by atoms with E-state index in [1.807, 2.05) is 30.3 Å². The van der Waals surface area contributed by atoms with Crippen LogP contribution in [-0.2, 0) is 16.1 Å². The second-order valence-electron chi connectivity index (χ2n) is 8.16. The van der Waals surface area contributed by atoms with Crippen LogP contribution in [0.4, 0.5) is 0 Å². The molecule has 1 aliphatic rings. The minimum atomic E-state index is -0.503. The minimum Gasteiger partial charge on any atom is -0.492 e. The monoisotopic (exact) mass is 515 g/mol. The first kappa shape index (κ1) is 24.8. The van der Waals surface area contributed by atoms with E-state index in [0.717, 1.165) is 18.4 Å². The van der Waals surface area contributed by atoms with Gasteiger partial charge in [0.2, 0.25) is 11.8 Å². The molecule has 1 fully saturated rings. The first-order valence-electron chi connectivity index (χ1n) is 11.3. The third kappa shape index (κ3) is 7.32. The maximum absolute atomic E-state index is 12.5. The molecule has 0 aromatic heterocycles. The normalized spacial score (nSPS) is 15.4. The minimum absolute atomic E-state index is 0.0699. The fourth-order valence-electron chi connectivity index (χ4n) is 3.67. The predicted octanol–water partition coefficient (Wildman–Crippen LogP) is 4.22. The van der Waals surface area contributed by atoms with Crippen molar-refractivity contribution in [2.75, 3.05) is 13.2 Å². The van der Waals surface area contributed by atoms with Gasteiger partial charge < -0.3 is 9.64 Å². The zero-order valence-electron chi connectivity index (χ0n) is 18.8. The number of hydrogen-bond donors (Lipinski definition) is 2. The van der Waals surface area contributed by atoms with E-state index in [2.05, 4.69) is 33.7 Å². The highest BCUT2D eigenvalue weighted by atomic mass is 79.9. The van der Waals surface area contributed by atoms with Crippen LogP contribution in [0, 0.1) is 5.92 Å². The summed E-state index contributed by atoms with van der Waals surface area (Å²) in [6.07, 6.45) is 4.61. The third-order valence-electron chi connectivity index (χ3n) is 5.55. The average molecular weight is 516 g/mol. The van der Waals surface area contributed by atoms with Crippen molar-refractivity contribution < 1.29 is 19.1 Å². The Morgan fingerprint density at radius 1 is 1.09 bits per heavy atom. The van der Waals surface area contributed by atoms with E-state index in [4.69, 9.17) is 4.74 Å². The fourth-order valence-corrected chi connectivity index (χ4v) is 4.16. The molecule has 0 spiro atoms. The van der Waals surface area contributed by atoms with Crippen molar-refractivity contribution in [2.45, 2.75) is 45.6 Å². The van der Waals surface area contributed by atoms with Crippen LogP contribution < -0.4 is 15.6 Å². The topological polar surface area (TPSA) is 87.7 Å². The lowest BCUT2D eigenvalue weighted by Gasteiger charge is -2.17. The number of likely N-dealkylation sites (tertiary alicyclic amines) is 1. The zero-order valence-corrected chi connectivity index (χ0v) is 20.4. The lowest BCUT2D eigenvalue weighted by atomic mass is 10.1. The van der Waals surface area contributed by atoms with Crippen LogP contribution in [0.3, 0.4) is 0 Å². The van der Waals surface area contributed by atoms with Crippen LogP contribution in [0.1, 0.15) is 54.9 Å². The molecule has 2 N–H and O–H groups in total. The van der Waals surface area contributed by atoms with Gasteiger partial charge in [0.05, 0.1) is 17.0 Å². The molecule has 1 unspecified atom stereocenters. The van der Waals surface area contributed by atoms with E-state index < -0.39 is 11.8 Å². The van der Waals surface area contributed by atoms with Gasteiger partial charge in [-0.05, 0) is 46.1 Å². The van der Waals surface area contributed by atoms with Crippen molar-refractivity contribution in [3.05, 3.63) is 64.1 Å². The molecule has 33 heavy (non-hydrogen) atoms. The Morgan fingerprint density at radius 2 is 1.88 bits per heavy atom. The van der Waals surface area contributed by atoms with Crippen LogP contribution >= 0.6 is 15.9 Å². The van der Waals surface area contributed by atoms with Gasteiger partial charge in [-0.1, -0.05) is 56.5 Å². The van der Waals surface area contributed by atoms with E-state index in [9.17, 15) is 14.4 Å². The van der Waals surface area contributed by atoms with Gasteiger partial charge in [-0.3, -0.25) is 25.2 Å². The smallest absolute Gasteiger partial charge is 0.269 e. The molecule has 8 heteroatoms. The largest absolute Gasteiger partial charge is 0.492 e. The average Bonchev–Trinajstić information content (AvgIpc) is 3.18. The lowest BCUT2D eigenvalue weighted by molar-refractivity contribution is -0.129. The summed E-state index contributed by atoms with van der Waals surface area (Å²) >= 11 is 3.44. The number of amides is 3. The molecular weight excluding hydrogens is 486 g/mol. The fraction of sp³-hybridized carbons (Fsp3) is 0.400. The number of unbranched alkanes of at least 4 members (excludes halogenated alkanes) is 3. The van der Waals surface area contributed by atoms with Crippen LogP contribution in [0.25, 0.3) is 0 Å². The third-order valence-corrected chi connectivity index (χ3v) is 6.17. The molecule has 3 amide bonds. The number of hydrazine groups is 1. The highest BCUT2D eigenvalue weighted by Crippen LogP contribution is 2.26. The molecule has 1 atom stereocenters. The SMILES string of the molecule is CCCCCCOc1ccc(C(=O)NNC(=O)C2CC(=O)N(Cc3ccccc3)C2)cc1Br. The van der Waals surface area contributed by atoms with Crippen LogP contribution in [0.15, 0.2) is 53.0 Å². The highest BCUT2D eigenvalue weighted by Gasteiger charge is 2.34. The molecule has 1 heterocycles. The molecule has 1 saturated heterocycles. The van der Waals surface area contributed by atoms with Crippen molar-refractivity contribution in [1.29, 1.82) is 0 Å². The van der Waals surface area contributed by atoms with E-state index in [0.29, 0.717) is 35.5 Å². The summed E-state index contributed by atoms with van der Waals surface area (Å²) < 4.78 is 6.44. The van der Waals surface area contributed by atoms with Crippen molar-refractivity contribution in [1.82, 2.24) is 15.8 Å². The first-order chi connectivity index (χ1) is 16.0. The Balaban J connectivity index is 1.45. The van der Waals surface area contributed by atoms with E-state index in [-0.39, 0.29) is 18.2 Å². The number of nitrogens with one attached hydrogen (secondary N) is 2. The molecular formula is C25H30BrN3O4. The molecule has 0 aliphatic carbocycles. The summed E-state index contributed by atoms with van der Waals surface area (Å²) in [5.41, 5.74) is 6.29. The van der Waals surface area contributed by atoms with Crippen molar-refractivity contribution in [3.8, 4) is 5.75 Å². The quantitative estimate of drug-likeness (QED) is 0.366. The molecule has 3 rings (SSSR count). The Kier molecular flexibility index (Phi) is 9.30. The Morgan fingerprint density at radius 3 is 2.61 bits per heavy atom. The second-order valence-corrected chi connectivity index (χ2v) is 9.01. The number of rotatable bonds is 10. The highest BCUT2D eigenvalue weighted by molar-refractivity contribution is 9.10. The van der Waals surface area contributed by atoms with Crippen LogP contribution in [0.2, 0.25) is 0 Å². The number of nitrogens with zero attached hydrogens (tertiary/aromatic N) is 1. The van der Waals surface area contributed by atoms with Crippen LogP contribution in [0.5, 0.6) is 5.75 Å². The lowest BCUT2D eigenvalue weighted by Crippen LogP contribution is -2.45. The Bertz CT molecular complexity index is 967. The van der Waals surface area contributed by atoms with Crippen LogP contribution in [-0.4, -0.2) is 35.8 Å². The van der Waals surface area contributed by atoms with Gasteiger partial charge in [-0.15, -0.1) is 0 Å². The van der Waals surface area contributed by atoms with Crippen molar-refractivity contribution >= 4 is 33.7 Å². The molecule has 7 nitrogen and oxygen atoms in total. The molecule has 0 radical (unpaired) electrons. The Labute approximate surface area is 203 Å². The molecule has 1 aliphatic heterocycles. The van der Waals surface area contributed by atoms with Gasteiger partial charge in [0.25, 0.3) is 5.91 Å². The molecule has 176 valence electrons. The maximum atomic E-state index is 12.5. The van der Waals surface area contributed by atoms with Crippen molar-refractivity contribution in [2.24, 2.45) is 5.92 Å². The summed E-state index contributed by atoms with van der Waals surface area (Å²) in [6, 6.07) is 14.7. The molecule has 0 bridgehead atoms. The maximum Gasteiger partial charge on any atom is 0.269 e. The zero-order chi connectivity index (χ0) is 23.6. The first-order valence-corrected chi connectivity index (χ1v) is 12.1. The van der Waals surface area contributed by atoms with Gasteiger partial charge in [0.15, 0.2) is 0 Å². The number of halogens is 1. The molecule has 2 aromatic carbocycles. The summed E-state index contributed by atoms with van der Waals surface area (Å²) in [5, 5.41) is 0. The van der Waals surface area contributed by atoms with E-state index in [1.54, 1.807) is 23.1 Å². The van der Waals surface area contributed by atoms with Gasteiger partial charge >= 0.3 is 0 Å². The number of carbonyl (C=O) groups excluding carboxylic acids is 3. The van der Waals surface area contributed by atoms with Gasteiger partial charge in [0.1, 0.15) is 5.75 Å². The van der Waals surface area contributed by atoms with Gasteiger partial charge in [0, 0.05) is 25.1 Å². The summed E-state index contributed by atoms with van der Waals surface area (Å²) in [6.45, 7) is 3.58. The molecule has 0 saturated carbocycles. The number of ether oxygens (including phenoxy) is 1.